The summed E-state index contributed by atoms with van der Waals surface area (Å²) in [5.41, 5.74) is 0.855. The Hall–Kier alpha value is -0.920. The summed E-state index contributed by atoms with van der Waals surface area (Å²) in [5.74, 6) is -0.639. The van der Waals surface area contributed by atoms with E-state index in [-0.39, 0.29) is 10.6 Å². The number of nitrogens with one attached hydrogen (secondary N) is 1. The summed E-state index contributed by atoms with van der Waals surface area (Å²) in [4.78, 5) is 0.0809. The van der Waals surface area contributed by atoms with Gasteiger partial charge in [0, 0.05) is 9.80 Å². The molecule has 20 heavy (non-hydrogen) atoms. The minimum atomic E-state index is -3.82. The SMILES string of the molecule is O=S(=O)(Nc1c(F)cccc1Br)c1ccc(CBr)cc1. The molecule has 0 saturated heterocycles. The molecule has 0 radical (unpaired) electrons. The first-order chi connectivity index (χ1) is 9.44. The molecule has 0 aliphatic heterocycles. The zero-order chi connectivity index (χ0) is 14.8. The summed E-state index contributed by atoms with van der Waals surface area (Å²) in [6.07, 6.45) is 0. The molecule has 0 aliphatic carbocycles. The van der Waals surface area contributed by atoms with Crippen molar-refractivity contribution in [3.05, 3.63) is 58.3 Å². The van der Waals surface area contributed by atoms with Crippen LogP contribution in [-0.2, 0) is 15.4 Å². The van der Waals surface area contributed by atoms with Crippen molar-refractivity contribution in [3.63, 3.8) is 0 Å². The predicted octanol–water partition coefficient (Wildman–Crippen LogP) is 4.28. The first-order valence-electron chi connectivity index (χ1n) is 5.56. The van der Waals surface area contributed by atoms with Gasteiger partial charge in [-0.2, -0.15) is 0 Å². The lowest BCUT2D eigenvalue weighted by molar-refractivity contribution is 0.598. The zero-order valence-corrected chi connectivity index (χ0v) is 14.1. The molecule has 0 heterocycles. The quantitative estimate of drug-likeness (QED) is 0.747. The van der Waals surface area contributed by atoms with Crippen molar-refractivity contribution in [3.8, 4) is 0 Å². The van der Waals surface area contributed by atoms with Crippen LogP contribution in [0.15, 0.2) is 51.8 Å². The summed E-state index contributed by atoms with van der Waals surface area (Å²) in [5, 5.41) is 0.639. The summed E-state index contributed by atoms with van der Waals surface area (Å²) in [6.45, 7) is 0. The fourth-order valence-corrected chi connectivity index (χ4v) is 3.58. The molecule has 0 aliphatic rings. The number of benzene rings is 2. The molecule has 7 heteroatoms. The summed E-state index contributed by atoms with van der Waals surface area (Å²) in [7, 11) is -3.82. The summed E-state index contributed by atoms with van der Waals surface area (Å²) < 4.78 is 40.6. The lowest BCUT2D eigenvalue weighted by Gasteiger charge is -2.10. The van der Waals surface area contributed by atoms with Gasteiger partial charge in [0.05, 0.1) is 10.6 Å². The van der Waals surface area contributed by atoms with Crippen LogP contribution in [0.1, 0.15) is 5.56 Å². The van der Waals surface area contributed by atoms with Gasteiger partial charge in [0.25, 0.3) is 10.0 Å². The number of hydrogen-bond donors (Lipinski definition) is 1. The van der Waals surface area contributed by atoms with Crippen LogP contribution in [0.2, 0.25) is 0 Å². The molecule has 0 bridgehead atoms. The van der Waals surface area contributed by atoms with Crippen LogP contribution in [-0.4, -0.2) is 8.42 Å². The Kier molecular flexibility index (Phi) is 4.82. The van der Waals surface area contributed by atoms with Gasteiger partial charge in [-0.25, -0.2) is 12.8 Å². The average Bonchev–Trinajstić information content (AvgIpc) is 2.43. The second-order valence-electron chi connectivity index (χ2n) is 3.98. The largest absolute Gasteiger partial charge is 0.275 e. The van der Waals surface area contributed by atoms with Crippen LogP contribution in [0.3, 0.4) is 0 Å². The van der Waals surface area contributed by atoms with Gasteiger partial charge in [-0.05, 0) is 45.8 Å². The topological polar surface area (TPSA) is 46.2 Å². The van der Waals surface area contributed by atoms with Crippen LogP contribution < -0.4 is 4.72 Å². The second kappa shape index (κ2) is 6.24. The maximum atomic E-state index is 13.7. The molecule has 0 spiro atoms. The van der Waals surface area contributed by atoms with E-state index in [1.54, 1.807) is 18.2 Å². The Labute approximate surface area is 133 Å². The molecule has 0 fully saturated rings. The molecule has 2 rings (SSSR count). The van der Waals surface area contributed by atoms with Crippen LogP contribution in [0.5, 0.6) is 0 Å². The Morgan fingerprint density at radius 1 is 1.10 bits per heavy atom. The second-order valence-corrected chi connectivity index (χ2v) is 7.08. The Balaban J connectivity index is 2.35. The van der Waals surface area contributed by atoms with E-state index in [4.69, 9.17) is 0 Å². The van der Waals surface area contributed by atoms with E-state index in [1.165, 1.54) is 24.3 Å². The van der Waals surface area contributed by atoms with Gasteiger partial charge in [-0.15, -0.1) is 0 Å². The Morgan fingerprint density at radius 3 is 2.30 bits per heavy atom. The highest BCUT2D eigenvalue weighted by Crippen LogP contribution is 2.27. The van der Waals surface area contributed by atoms with Crippen molar-refractivity contribution in [1.82, 2.24) is 0 Å². The van der Waals surface area contributed by atoms with E-state index in [1.807, 2.05) is 0 Å². The average molecular weight is 423 g/mol. The van der Waals surface area contributed by atoms with Gasteiger partial charge < -0.3 is 0 Å². The third-order valence-corrected chi connectivity index (χ3v) is 5.26. The molecule has 0 atom stereocenters. The fraction of sp³-hybridized carbons (Fsp3) is 0.0769. The van der Waals surface area contributed by atoms with Gasteiger partial charge >= 0.3 is 0 Å². The molecular weight excluding hydrogens is 413 g/mol. The number of halogens is 3. The molecule has 0 amide bonds. The van der Waals surface area contributed by atoms with Gasteiger partial charge in [0.15, 0.2) is 0 Å². The third-order valence-electron chi connectivity index (χ3n) is 2.59. The maximum Gasteiger partial charge on any atom is 0.262 e. The van der Waals surface area contributed by atoms with E-state index in [0.717, 1.165) is 5.56 Å². The molecule has 0 unspecified atom stereocenters. The predicted molar refractivity (Wildman–Crippen MR) is 84.0 cm³/mol. The van der Waals surface area contributed by atoms with Gasteiger partial charge in [-0.1, -0.05) is 34.1 Å². The Bertz CT molecular complexity index is 697. The van der Waals surface area contributed by atoms with Crippen molar-refractivity contribution >= 4 is 47.6 Å². The lowest BCUT2D eigenvalue weighted by Crippen LogP contribution is -2.14. The first kappa shape index (κ1) is 15.5. The molecule has 2 aromatic rings. The van der Waals surface area contributed by atoms with Crippen molar-refractivity contribution in [2.75, 3.05) is 4.72 Å². The van der Waals surface area contributed by atoms with E-state index in [0.29, 0.717) is 9.80 Å². The molecule has 106 valence electrons. The van der Waals surface area contributed by atoms with Crippen LogP contribution in [0.4, 0.5) is 10.1 Å². The van der Waals surface area contributed by atoms with Crippen LogP contribution >= 0.6 is 31.9 Å². The lowest BCUT2D eigenvalue weighted by atomic mass is 10.2. The van der Waals surface area contributed by atoms with Gasteiger partial charge in [-0.3, -0.25) is 4.72 Å². The Morgan fingerprint density at radius 2 is 1.75 bits per heavy atom. The van der Waals surface area contributed by atoms with E-state index < -0.39 is 15.8 Å². The van der Waals surface area contributed by atoms with Crippen molar-refractivity contribution < 1.29 is 12.8 Å². The van der Waals surface area contributed by atoms with Gasteiger partial charge in [0.2, 0.25) is 0 Å². The number of rotatable bonds is 4. The highest BCUT2D eigenvalue weighted by molar-refractivity contribution is 9.10. The number of hydrogen-bond acceptors (Lipinski definition) is 2. The number of anilines is 1. The molecule has 0 aromatic heterocycles. The fourth-order valence-electron chi connectivity index (χ4n) is 1.55. The van der Waals surface area contributed by atoms with E-state index in [2.05, 4.69) is 36.6 Å². The van der Waals surface area contributed by atoms with Crippen LogP contribution in [0, 0.1) is 5.82 Å². The van der Waals surface area contributed by atoms with E-state index in [9.17, 15) is 12.8 Å². The minimum absolute atomic E-state index is 0.0809. The molecule has 2 aromatic carbocycles. The normalized spacial score (nSPS) is 11.3. The van der Waals surface area contributed by atoms with E-state index >= 15 is 0 Å². The molecule has 3 nitrogen and oxygen atoms in total. The monoisotopic (exact) mass is 421 g/mol. The summed E-state index contributed by atoms with van der Waals surface area (Å²) in [6, 6.07) is 10.6. The van der Waals surface area contributed by atoms with Crippen LogP contribution in [0.25, 0.3) is 0 Å². The summed E-state index contributed by atoms with van der Waals surface area (Å²) >= 11 is 6.41. The van der Waals surface area contributed by atoms with Crippen molar-refractivity contribution in [2.24, 2.45) is 0 Å². The smallest absolute Gasteiger partial charge is 0.262 e. The first-order valence-corrected chi connectivity index (χ1v) is 8.95. The molecule has 0 saturated carbocycles. The minimum Gasteiger partial charge on any atom is -0.275 e. The number of sulfonamides is 1. The van der Waals surface area contributed by atoms with Gasteiger partial charge in [0.1, 0.15) is 5.82 Å². The number of alkyl halides is 1. The molecular formula is C13H10Br2FNO2S. The zero-order valence-electron chi connectivity index (χ0n) is 10.1. The van der Waals surface area contributed by atoms with Crippen molar-refractivity contribution in [1.29, 1.82) is 0 Å². The standard InChI is InChI=1S/C13H10Br2FNO2S/c14-8-9-4-6-10(7-5-9)20(18,19)17-13-11(15)2-1-3-12(13)16/h1-7,17H,8H2. The number of para-hydroxylation sites is 1. The highest BCUT2D eigenvalue weighted by atomic mass is 79.9. The highest BCUT2D eigenvalue weighted by Gasteiger charge is 2.17. The van der Waals surface area contributed by atoms with Crippen molar-refractivity contribution in [2.45, 2.75) is 10.2 Å². The maximum absolute atomic E-state index is 13.7. The third kappa shape index (κ3) is 3.39. The molecule has 1 N–H and O–H groups in total.